The molecule has 0 fully saturated rings. The quantitative estimate of drug-likeness (QED) is 0.785. The van der Waals surface area contributed by atoms with Crippen LogP contribution < -0.4 is 24.3 Å². The van der Waals surface area contributed by atoms with Gasteiger partial charge in [0.1, 0.15) is 6.61 Å². The smallest absolute Gasteiger partial charge is 0.351 e. The molecule has 146 valence electrons. The molecule has 2 heterocycles. The van der Waals surface area contributed by atoms with Crippen molar-refractivity contribution in [2.45, 2.75) is 25.7 Å². The summed E-state index contributed by atoms with van der Waals surface area (Å²) in [6.45, 7) is 2.00. The molecule has 2 unspecified atom stereocenters. The molecule has 0 radical (unpaired) electrons. The summed E-state index contributed by atoms with van der Waals surface area (Å²) in [5.74, 6) is 1.29. The number of esters is 1. The topological polar surface area (TPSA) is 92.3 Å². The number of amides is 1. The van der Waals surface area contributed by atoms with Gasteiger partial charge in [0, 0.05) is 6.54 Å². The van der Waals surface area contributed by atoms with Crippen LogP contribution in [0.2, 0.25) is 0 Å². The minimum atomic E-state index is -0.970. The van der Waals surface area contributed by atoms with Gasteiger partial charge in [0.05, 0.1) is 0 Å². The Bertz CT molecular complexity index is 898. The molecule has 0 saturated heterocycles. The van der Waals surface area contributed by atoms with E-state index in [1.54, 1.807) is 30.3 Å². The highest BCUT2D eigenvalue weighted by Gasteiger charge is 2.31. The predicted molar refractivity (Wildman–Crippen MR) is 96.3 cm³/mol. The molecular formula is C20H19NO7. The van der Waals surface area contributed by atoms with Crippen LogP contribution >= 0.6 is 0 Å². The van der Waals surface area contributed by atoms with Crippen LogP contribution in [0.5, 0.6) is 23.0 Å². The lowest BCUT2D eigenvalue weighted by atomic mass is 10.2. The molecule has 1 N–H and O–H groups in total. The molecule has 2 atom stereocenters. The molecule has 2 aromatic carbocycles. The molecule has 2 aliphatic heterocycles. The molecule has 0 bridgehead atoms. The molecule has 8 nitrogen and oxygen atoms in total. The van der Waals surface area contributed by atoms with E-state index in [0.717, 1.165) is 5.56 Å². The maximum atomic E-state index is 12.3. The number of fused-ring (bicyclic) bond motifs is 2. The average molecular weight is 385 g/mol. The Morgan fingerprint density at radius 1 is 1.07 bits per heavy atom. The van der Waals surface area contributed by atoms with Crippen molar-refractivity contribution in [3.63, 3.8) is 0 Å². The van der Waals surface area contributed by atoms with Gasteiger partial charge in [-0.2, -0.15) is 0 Å². The predicted octanol–water partition coefficient (Wildman–Crippen LogP) is 1.80. The Kier molecular flexibility index (Phi) is 4.92. The standard InChI is InChI=1S/C20H19NO7/c1-12(19(22)21-9-13-6-7-15-17(8-13)26-11-25-15)27-20(23)18-10-24-14-4-2-3-5-16(14)28-18/h2-8,12,18H,9-11H2,1H3,(H,21,22). The van der Waals surface area contributed by atoms with Gasteiger partial charge in [0.25, 0.3) is 5.91 Å². The van der Waals surface area contributed by atoms with Crippen LogP contribution in [0.3, 0.4) is 0 Å². The van der Waals surface area contributed by atoms with Crippen LogP contribution in [0.1, 0.15) is 12.5 Å². The lowest BCUT2D eigenvalue weighted by Gasteiger charge is -2.25. The van der Waals surface area contributed by atoms with Gasteiger partial charge in [0.15, 0.2) is 29.1 Å². The number of rotatable bonds is 5. The van der Waals surface area contributed by atoms with Crippen molar-refractivity contribution in [2.24, 2.45) is 0 Å². The third-order valence-electron chi connectivity index (χ3n) is 4.34. The summed E-state index contributed by atoms with van der Waals surface area (Å²) >= 11 is 0. The van der Waals surface area contributed by atoms with Gasteiger partial charge in [-0.15, -0.1) is 0 Å². The summed E-state index contributed by atoms with van der Waals surface area (Å²) in [4.78, 5) is 24.5. The summed E-state index contributed by atoms with van der Waals surface area (Å²) in [6.07, 6.45) is -1.89. The van der Waals surface area contributed by atoms with Crippen LogP contribution in [0.4, 0.5) is 0 Å². The highest BCUT2D eigenvalue weighted by atomic mass is 16.7. The van der Waals surface area contributed by atoms with E-state index in [1.807, 2.05) is 12.1 Å². The second kappa shape index (κ2) is 7.67. The van der Waals surface area contributed by atoms with Crippen molar-refractivity contribution in [2.75, 3.05) is 13.4 Å². The first-order valence-corrected chi connectivity index (χ1v) is 8.85. The first-order chi connectivity index (χ1) is 13.6. The molecule has 0 saturated carbocycles. The molecule has 2 aliphatic rings. The normalized spacial score (nSPS) is 17.5. The molecule has 28 heavy (non-hydrogen) atoms. The summed E-state index contributed by atoms with van der Waals surface area (Å²) in [6, 6.07) is 12.5. The fraction of sp³-hybridized carbons (Fsp3) is 0.300. The maximum absolute atomic E-state index is 12.3. The summed E-state index contributed by atoms with van der Waals surface area (Å²) < 4.78 is 26.9. The summed E-state index contributed by atoms with van der Waals surface area (Å²) in [5, 5.41) is 2.73. The van der Waals surface area contributed by atoms with Crippen LogP contribution in [0, 0.1) is 0 Å². The molecule has 4 rings (SSSR count). The molecule has 0 aliphatic carbocycles. The fourth-order valence-corrected chi connectivity index (χ4v) is 2.82. The van der Waals surface area contributed by atoms with Gasteiger partial charge in [-0.05, 0) is 36.8 Å². The van der Waals surface area contributed by atoms with E-state index >= 15 is 0 Å². The van der Waals surface area contributed by atoms with Gasteiger partial charge in [-0.1, -0.05) is 18.2 Å². The number of carbonyl (C=O) groups is 2. The van der Waals surface area contributed by atoms with Crippen molar-refractivity contribution >= 4 is 11.9 Å². The average Bonchev–Trinajstić information content (AvgIpc) is 3.19. The number of nitrogens with one attached hydrogen (secondary N) is 1. The van der Waals surface area contributed by atoms with Crippen molar-refractivity contribution in [1.29, 1.82) is 0 Å². The van der Waals surface area contributed by atoms with E-state index < -0.39 is 24.1 Å². The number of hydrogen-bond acceptors (Lipinski definition) is 7. The molecule has 2 aromatic rings. The van der Waals surface area contributed by atoms with Crippen molar-refractivity contribution in [3.05, 3.63) is 48.0 Å². The van der Waals surface area contributed by atoms with E-state index in [9.17, 15) is 9.59 Å². The first-order valence-electron chi connectivity index (χ1n) is 8.85. The Morgan fingerprint density at radius 3 is 2.68 bits per heavy atom. The third-order valence-corrected chi connectivity index (χ3v) is 4.34. The largest absolute Gasteiger partial charge is 0.485 e. The Labute approximate surface area is 161 Å². The molecule has 0 spiro atoms. The molecule has 0 aromatic heterocycles. The van der Waals surface area contributed by atoms with E-state index in [-0.39, 0.29) is 19.9 Å². The maximum Gasteiger partial charge on any atom is 0.351 e. The first kappa shape index (κ1) is 18.0. The zero-order chi connectivity index (χ0) is 19.5. The minimum Gasteiger partial charge on any atom is -0.485 e. The van der Waals surface area contributed by atoms with E-state index in [1.165, 1.54) is 6.92 Å². The number of hydrogen-bond donors (Lipinski definition) is 1. The number of benzene rings is 2. The molecular weight excluding hydrogens is 366 g/mol. The van der Waals surface area contributed by atoms with Gasteiger partial charge in [-0.3, -0.25) is 4.79 Å². The van der Waals surface area contributed by atoms with E-state index in [4.69, 9.17) is 23.7 Å². The number of carbonyl (C=O) groups excluding carboxylic acids is 2. The Balaban J connectivity index is 1.28. The third kappa shape index (κ3) is 3.80. The highest BCUT2D eigenvalue weighted by molar-refractivity contribution is 5.84. The second-order valence-electron chi connectivity index (χ2n) is 6.35. The van der Waals surface area contributed by atoms with Crippen molar-refractivity contribution in [1.82, 2.24) is 5.32 Å². The van der Waals surface area contributed by atoms with Gasteiger partial charge in [0.2, 0.25) is 12.9 Å². The lowest BCUT2D eigenvalue weighted by molar-refractivity contribution is -0.163. The second-order valence-corrected chi connectivity index (χ2v) is 6.35. The van der Waals surface area contributed by atoms with Crippen molar-refractivity contribution < 1.29 is 33.3 Å². The SMILES string of the molecule is CC(OC(=O)C1COc2ccccc2O1)C(=O)NCc1ccc2c(c1)OCO2. The van der Waals surface area contributed by atoms with Gasteiger partial charge in [-0.25, -0.2) is 4.79 Å². The molecule has 8 heteroatoms. The van der Waals surface area contributed by atoms with Crippen LogP contribution in [-0.2, 0) is 20.9 Å². The van der Waals surface area contributed by atoms with Crippen LogP contribution in [-0.4, -0.2) is 37.5 Å². The zero-order valence-corrected chi connectivity index (χ0v) is 15.2. The highest BCUT2D eigenvalue weighted by Crippen LogP contribution is 2.32. The monoisotopic (exact) mass is 385 g/mol. The zero-order valence-electron chi connectivity index (χ0n) is 15.2. The van der Waals surface area contributed by atoms with Crippen molar-refractivity contribution in [3.8, 4) is 23.0 Å². The Morgan fingerprint density at radius 2 is 1.82 bits per heavy atom. The van der Waals surface area contributed by atoms with Gasteiger partial charge >= 0.3 is 5.97 Å². The fourth-order valence-electron chi connectivity index (χ4n) is 2.82. The van der Waals surface area contributed by atoms with Crippen LogP contribution in [0.25, 0.3) is 0 Å². The van der Waals surface area contributed by atoms with E-state index in [0.29, 0.717) is 23.0 Å². The number of ether oxygens (including phenoxy) is 5. The van der Waals surface area contributed by atoms with E-state index in [2.05, 4.69) is 5.32 Å². The number of para-hydroxylation sites is 2. The molecule has 1 amide bonds. The van der Waals surface area contributed by atoms with Gasteiger partial charge < -0.3 is 29.0 Å². The summed E-state index contributed by atoms with van der Waals surface area (Å²) in [5.41, 5.74) is 0.844. The van der Waals surface area contributed by atoms with Crippen LogP contribution in [0.15, 0.2) is 42.5 Å². The minimum absolute atomic E-state index is 0.0291. The lowest BCUT2D eigenvalue weighted by Crippen LogP contribution is -2.42. The summed E-state index contributed by atoms with van der Waals surface area (Å²) in [7, 11) is 0. The Hall–Kier alpha value is -3.42.